The Morgan fingerprint density at radius 2 is 1.86 bits per heavy atom. The Hall–Kier alpha value is -2.50. The number of piperazine rings is 1. The van der Waals surface area contributed by atoms with Gasteiger partial charge in [0.15, 0.2) is 5.69 Å². The molecule has 6 nitrogen and oxygen atoms in total. The normalized spacial score (nSPS) is 15.3. The van der Waals surface area contributed by atoms with Crippen molar-refractivity contribution in [1.29, 1.82) is 0 Å². The smallest absolute Gasteiger partial charge is 0.276 e. The Morgan fingerprint density at radius 1 is 1.19 bits per heavy atom. The number of hydrogen-bond acceptors (Lipinski definition) is 5. The highest BCUT2D eigenvalue weighted by Gasteiger charge is 2.24. The predicted molar refractivity (Wildman–Crippen MR) is 77.5 cm³/mol. The van der Waals surface area contributed by atoms with E-state index in [1.807, 2.05) is 12.1 Å². The van der Waals surface area contributed by atoms with E-state index in [-0.39, 0.29) is 11.7 Å². The van der Waals surface area contributed by atoms with Crippen LogP contribution in [0.1, 0.15) is 16.2 Å². The molecule has 1 saturated heterocycles. The maximum absolute atomic E-state index is 12.3. The molecule has 110 valence electrons. The van der Waals surface area contributed by atoms with Crippen LogP contribution in [0, 0.1) is 6.92 Å². The second-order valence-corrected chi connectivity index (χ2v) is 5.12. The largest absolute Gasteiger partial charge is 0.508 e. The van der Waals surface area contributed by atoms with Crippen LogP contribution in [-0.2, 0) is 0 Å². The first-order chi connectivity index (χ1) is 10.1. The van der Waals surface area contributed by atoms with Gasteiger partial charge in [-0.1, -0.05) is 5.16 Å². The van der Waals surface area contributed by atoms with Crippen LogP contribution in [0.4, 0.5) is 5.69 Å². The lowest BCUT2D eigenvalue weighted by Gasteiger charge is -2.35. The number of aryl methyl sites for hydroxylation is 1. The Bertz CT molecular complexity index is 628. The summed E-state index contributed by atoms with van der Waals surface area (Å²) in [4.78, 5) is 16.2. The number of rotatable bonds is 2. The topological polar surface area (TPSA) is 69.8 Å². The van der Waals surface area contributed by atoms with Crippen molar-refractivity contribution in [3.05, 3.63) is 41.8 Å². The van der Waals surface area contributed by atoms with Crippen molar-refractivity contribution in [2.45, 2.75) is 6.92 Å². The van der Waals surface area contributed by atoms with Crippen LogP contribution in [0.25, 0.3) is 0 Å². The average Bonchev–Trinajstić information content (AvgIpc) is 2.94. The van der Waals surface area contributed by atoms with Crippen LogP contribution in [0.3, 0.4) is 0 Å². The third kappa shape index (κ3) is 2.84. The number of hydrogen-bond donors (Lipinski definition) is 1. The van der Waals surface area contributed by atoms with Gasteiger partial charge in [0.05, 0.1) is 0 Å². The van der Waals surface area contributed by atoms with Gasteiger partial charge in [0, 0.05) is 37.9 Å². The van der Waals surface area contributed by atoms with Crippen LogP contribution in [0.5, 0.6) is 5.75 Å². The number of anilines is 1. The van der Waals surface area contributed by atoms with Crippen LogP contribution in [0.15, 0.2) is 34.9 Å². The van der Waals surface area contributed by atoms with E-state index in [4.69, 9.17) is 4.52 Å². The van der Waals surface area contributed by atoms with Gasteiger partial charge in [0.2, 0.25) is 0 Å². The molecule has 1 aliphatic rings. The minimum atomic E-state index is -0.0859. The highest BCUT2D eigenvalue weighted by atomic mass is 16.5. The zero-order valence-corrected chi connectivity index (χ0v) is 11.8. The van der Waals surface area contributed by atoms with Crippen molar-refractivity contribution in [1.82, 2.24) is 10.1 Å². The molecule has 3 rings (SSSR count). The summed E-state index contributed by atoms with van der Waals surface area (Å²) in [6.45, 7) is 4.57. The molecule has 0 bridgehead atoms. The van der Waals surface area contributed by atoms with Gasteiger partial charge < -0.3 is 19.4 Å². The van der Waals surface area contributed by atoms with E-state index in [9.17, 15) is 9.90 Å². The summed E-state index contributed by atoms with van der Waals surface area (Å²) in [7, 11) is 0. The average molecular weight is 287 g/mol. The second-order valence-electron chi connectivity index (χ2n) is 5.12. The number of phenolic OH excluding ortho intramolecular Hbond substituents is 1. The lowest BCUT2D eigenvalue weighted by molar-refractivity contribution is 0.0736. The van der Waals surface area contributed by atoms with E-state index >= 15 is 0 Å². The highest BCUT2D eigenvalue weighted by Crippen LogP contribution is 2.20. The number of aromatic nitrogens is 1. The molecule has 1 amide bonds. The molecule has 2 aromatic rings. The molecule has 0 unspecified atom stereocenters. The Balaban J connectivity index is 1.62. The summed E-state index contributed by atoms with van der Waals surface area (Å²) in [6.07, 6.45) is 0. The van der Waals surface area contributed by atoms with Crippen molar-refractivity contribution in [2.24, 2.45) is 0 Å². The van der Waals surface area contributed by atoms with Gasteiger partial charge in [-0.15, -0.1) is 0 Å². The summed E-state index contributed by atoms with van der Waals surface area (Å²) in [5, 5.41) is 13.1. The Kier molecular flexibility index (Phi) is 3.51. The standard InChI is InChI=1S/C15H17N3O3/c1-11-10-14(16-21-11)15(20)18-8-6-17(7-9-18)12-2-4-13(19)5-3-12/h2-5,10,19H,6-9H2,1H3. The van der Waals surface area contributed by atoms with E-state index in [0.29, 0.717) is 24.5 Å². The minimum Gasteiger partial charge on any atom is -0.508 e. The molecule has 1 aromatic carbocycles. The molecular weight excluding hydrogens is 270 g/mol. The number of carbonyl (C=O) groups is 1. The molecule has 0 radical (unpaired) electrons. The van der Waals surface area contributed by atoms with Gasteiger partial charge in [-0.2, -0.15) is 0 Å². The second kappa shape index (κ2) is 5.47. The van der Waals surface area contributed by atoms with E-state index in [0.717, 1.165) is 18.8 Å². The van der Waals surface area contributed by atoms with Crippen molar-refractivity contribution < 1.29 is 14.4 Å². The molecule has 0 saturated carbocycles. The third-order valence-electron chi connectivity index (χ3n) is 3.63. The summed E-state index contributed by atoms with van der Waals surface area (Å²) in [6, 6.07) is 8.77. The molecule has 1 fully saturated rings. The van der Waals surface area contributed by atoms with E-state index in [1.54, 1.807) is 30.0 Å². The first-order valence-electron chi connectivity index (χ1n) is 6.90. The zero-order chi connectivity index (χ0) is 14.8. The first kappa shape index (κ1) is 13.5. The van der Waals surface area contributed by atoms with Crippen molar-refractivity contribution in [3.8, 4) is 5.75 Å². The van der Waals surface area contributed by atoms with Gasteiger partial charge in [-0.25, -0.2) is 0 Å². The number of amides is 1. The van der Waals surface area contributed by atoms with E-state index in [2.05, 4.69) is 10.1 Å². The maximum Gasteiger partial charge on any atom is 0.276 e. The fourth-order valence-electron chi connectivity index (χ4n) is 2.46. The zero-order valence-electron chi connectivity index (χ0n) is 11.8. The number of nitrogens with zero attached hydrogens (tertiary/aromatic N) is 3. The molecule has 1 aromatic heterocycles. The predicted octanol–water partition coefficient (Wildman–Crippen LogP) is 1.65. The molecule has 1 N–H and O–H groups in total. The SMILES string of the molecule is Cc1cc(C(=O)N2CCN(c3ccc(O)cc3)CC2)no1. The molecule has 2 heterocycles. The molecule has 0 spiro atoms. The summed E-state index contributed by atoms with van der Waals surface area (Å²) in [5.74, 6) is 0.812. The monoisotopic (exact) mass is 287 g/mol. The molecule has 1 aliphatic heterocycles. The van der Waals surface area contributed by atoms with Gasteiger partial charge in [-0.05, 0) is 31.2 Å². The Labute approximate surface area is 122 Å². The van der Waals surface area contributed by atoms with Crippen LogP contribution < -0.4 is 4.90 Å². The van der Waals surface area contributed by atoms with Crippen LogP contribution in [-0.4, -0.2) is 47.2 Å². The molecule has 6 heteroatoms. The number of phenols is 1. The Morgan fingerprint density at radius 3 is 2.43 bits per heavy atom. The van der Waals surface area contributed by atoms with Crippen LogP contribution in [0.2, 0.25) is 0 Å². The van der Waals surface area contributed by atoms with Gasteiger partial charge >= 0.3 is 0 Å². The number of benzene rings is 1. The summed E-state index contributed by atoms with van der Waals surface area (Å²) >= 11 is 0. The molecule has 21 heavy (non-hydrogen) atoms. The van der Waals surface area contributed by atoms with Crippen molar-refractivity contribution >= 4 is 11.6 Å². The summed E-state index contributed by atoms with van der Waals surface area (Å²) < 4.78 is 4.95. The fraction of sp³-hybridized carbons (Fsp3) is 0.333. The van der Waals surface area contributed by atoms with Gasteiger partial charge in [0.25, 0.3) is 5.91 Å². The number of carbonyl (C=O) groups excluding carboxylic acids is 1. The maximum atomic E-state index is 12.3. The summed E-state index contributed by atoms with van der Waals surface area (Å²) in [5.41, 5.74) is 1.42. The lowest BCUT2D eigenvalue weighted by atomic mass is 10.2. The molecule has 0 aliphatic carbocycles. The third-order valence-corrected chi connectivity index (χ3v) is 3.63. The number of aromatic hydroxyl groups is 1. The lowest BCUT2D eigenvalue weighted by Crippen LogP contribution is -2.48. The van der Waals surface area contributed by atoms with E-state index in [1.165, 1.54) is 0 Å². The quantitative estimate of drug-likeness (QED) is 0.909. The first-order valence-corrected chi connectivity index (χ1v) is 6.90. The minimum absolute atomic E-state index is 0.0859. The van der Waals surface area contributed by atoms with Gasteiger partial charge in [0.1, 0.15) is 11.5 Å². The highest BCUT2D eigenvalue weighted by molar-refractivity contribution is 5.92. The van der Waals surface area contributed by atoms with E-state index < -0.39 is 0 Å². The molecular formula is C15H17N3O3. The van der Waals surface area contributed by atoms with Crippen LogP contribution >= 0.6 is 0 Å². The molecule has 0 atom stereocenters. The van der Waals surface area contributed by atoms with Crippen molar-refractivity contribution in [3.63, 3.8) is 0 Å². The van der Waals surface area contributed by atoms with Crippen molar-refractivity contribution in [2.75, 3.05) is 31.1 Å². The van der Waals surface area contributed by atoms with Gasteiger partial charge in [-0.3, -0.25) is 4.79 Å². The fourth-order valence-corrected chi connectivity index (χ4v) is 2.46.